The Bertz CT molecular complexity index is 977. The maximum Gasteiger partial charge on any atom is 0.150 e. The SMILES string of the molecule is CC.Cc1cc2ccc(-c3ccc(C=O)cc3)cc2cc1C1=CCC(C)C1. The number of rotatable bonds is 3. The molecule has 3 aromatic rings. The van der Waals surface area contributed by atoms with Crippen molar-refractivity contribution in [3.8, 4) is 11.1 Å². The van der Waals surface area contributed by atoms with E-state index in [1.54, 1.807) is 0 Å². The van der Waals surface area contributed by atoms with Crippen molar-refractivity contribution in [1.29, 1.82) is 0 Å². The van der Waals surface area contributed by atoms with Crippen LogP contribution in [-0.4, -0.2) is 6.29 Å². The van der Waals surface area contributed by atoms with Crippen LogP contribution in [0.3, 0.4) is 0 Å². The van der Waals surface area contributed by atoms with Gasteiger partial charge in [-0.05, 0) is 76.4 Å². The Kier molecular flexibility index (Phi) is 5.91. The van der Waals surface area contributed by atoms with Crippen molar-refractivity contribution in [2.24, 2.45) is 5.92 Å². The summed E-state index contributed by atoms with van der Waals surface area (Å²) in [6.07, 6.45) is 5.66. The largest absolute Gasteiger partial charge is 0.298 e. The van der Waals surface area contributed by atoms with Crippen LogP contribution in [0.5, 0.6) is 0 Å². The van der Waals surface area contributed by atoms with Crippen LogP contribution in [0.4, 0.5) is 0 Å². The normalized spacial score (nSPS) is 15.9. The standard InChI is InChI=1S/C24H22O.C2H6/c1-16-3-6-22(11-16)24-14-23-13-21(10-9-20(23)12-17(24)2)19-7-4-18(15-25)5-8-19;1-2/h4-10,12-16H,3,11H2,1-2H3;1-2H3. The molecule has 0 saturated heterocycles. The Morgan fingerprint density at radius 2 is 1.59 bits per heavy atom. The molecule has 3 aromatic carbocycles. The van der Waals surface area contributed by atoms with Crippen LogP contribution in [0.2, 0.25) is 0 Å². The molecule has 0 radical (unpaired) electrons. The van der Waals surface area contributed by atoms with Gasteiger partial charge in [0.25, 0.3) is 0 Å². The highest BCUT2D eigenvalue weighted by molar-refractivity contribution is 5.91. The Morgan fingerprint density at radius 3 is 2.22 bits per heavy atom. The molecule has 1 aliphatic rings. The van der Waals surface area contributed by atoms with Gasteiger partial charge in [0.1, 0.15) is 6.29 Å². The minimum atomic E-state index is 0.713. The van der Waals surface area contributed by atoms with Crippen molar-refractivity contribution < 1.29 is 4.79 Å². The Hall–Kier alpha value is -2.67. The van der Waals surface area contributed by atoms with Crippen LogP contribution in [-0.2, 0) is 0 Å². The predicted octanol–water partition coefficient (Wildman–Crippen LogP) is 7.47. The first kappa shape index (κ1) is 19.1. The molecular formula is C26H28O. The molecule has 0 saturated carbocycles. The summed E-state index contributed by atoms with van der Waals surface area (Å²) in [7, 11) is 0. The topological polar surface area (TPSA) is 17.1 Å². The minimum Gasteiger partial charge on any atom is -0.298 e. The number of hydrogen-bond acceptors (Lipinski definition) is 1. The number of aryl methyl sites for hydroxylation is 1. The van der Waals surface area contributed by atoms with Crippen molar-refractivity contribution in [1.82, 2.24) is 0 Å². The van der Waals surface area contributed by atoms with E-state index in [2.05, 4.69) is 50.3 Å². The molecule has 0 aliphatic heterocycles. The number of aldehydes is 1. The van der Waals surface area contributed by atoms with Crippen LogP contribution in [0, 0.1) is 12.8 Å². The van der Waals surface area contributed by atoms with Gasteiger partial charge in [-0.2, -0.15) is 0 Å². The van der Waals surface area contributed by atoms with Gasteiger partial charge in [-0.15, -0.1) is 0 Å². The second kappa shape index (κ2) is 8.35. The van der Waals surface area contributed by atoms with E-state index in [9.17, 15) is 4.79 Å². The summed E-state index contributed by atoms with van der Waals surface area (Å²) in [5.74, 6) is 0.757. The fourth-order valence-electron chi connectivity index (χ4n) is 3.80. The van der Waals surface area contributed by atoms with Crippen LogP contribution in [0.1, 0.15) is 55.1 Å². The monoisotopic (exact) mass is 356 g/mol. The van der Waals surface area contributed by atoms with Crippen molar-refractivity contribution in [3.05, 3.63) is 77.4 Å². The highest BCUT2D eigenvalue weighted by Gasteiger charge is 2.16. The molecule has 1 atom stereocenters. The van der Waals surface area contributed by atoms with Crippen LogP contribution in [0.25, 0.3) is 27.5 Å². The van der Waals surface area contributed by atoms with E-state index in [-0.39, 0.29) is 0 Å². The second-order valence-corrected chi connectivity index (χ2v) is 7.24. The van der Waals surface area contributed by atoms with Gasteiger partial charge in [0.15, 0.2) is 0 Å². The molecule has 1 unspecified atom stereocenters. The van der Waals surface area contributed by atoms with Gasteiger partial charge in [-0.25, -0.2) is 0 Å². The highest BCUT2D eigenvalue weighted by atomic mass is 16.1. The van der Waals surface area contributed by atoms with Crippen molar-refractivity contribution in [2.75, 3.05) is 0 Å². The lowest BCUT2D eigenvalue weighted by atomic mass is 9.93. The van der Waals surface area contributed by atoms with E-state index in [4.69, 9.17) is 0 Å². The molecule has 0 N–H and O–H groups in total. The fourth-order valence-corrected chi connectivity index (χ4v) is 3.80. The van der Waals surface area contributed by atoms with Gasteiger partial charge in [0, 0.05) is 5.56 Å². The maximum atomic E-state index is 10.8. The number of fused-ring (bicyclic) bond motifs is 1. The maximum absolute atomic E-state index is 10.8. The van der Waals surface area contributed by atoms with Crippen molar-refractivity contribution >= 4 is 22.6 Å². The lowest BCUT2D eigenvalue weighted by molar-refractivity contribution is 0.112. The second-order valence-electron chi connectivity index (χ2n) is 7.24. The smallest absolute Gasteiger partial charge is 0.150 e. The Morgan fingerprint density at radius 1 is 0.889 bits per heavy atom. The number of allylic oxidation sites excluding steroid dienone is 2. The Labute approximate surface area is 162 Å². The Balaban J connectivity index is 0.00000102. The first-order valence-electron chi connectivity index (χ1n) is 9.93. The average molecular weight is 357 g/mol. The summed E-state index contributed by atoms with van der Waals surface area (Å²) in [4.78, 5) is 10.8. The minimum absolute atomic E-state index is 0.713. The zero-order valence-corrected chi connectivity index (χ0v) is 16.8. The summed E-state index contributed by atoms with van der Waals surface area (Å²) >= 11 is 0. The van der Waals surface area contributed by atoms with Crippen LogP contribution in [0.15, 0.2) is 60.7 Å². The molecule has 0 spiro atoms. The van der Waals surface area contributed by atoms with Gasteiger partial charge in [-0.3, -0.25) is 4.79 Å². The van der Waals surface area contributed by atoms with Gasteiger partial charge in [0.2, 0.25) is 0 Å². The molecule has 1 heteroatoms. The van der Waals surface area contributed by atoms with E-state index >= 15 is 0 Å². The van der Waals surface area contributed by atoms with Crippen molar-refractivity contribution in [2.45, 2.75) is 40.5 Å². The number of hydrogen-bond donors (Lipinski definition) is 0. The molecule has 0 amide bonds. The van der Waals surface area contributed by atoms with Gasteiger partial charge in [0.05, 0.1) is 0 Å². The quantitative estimate of drug-likeness (QED) is 0.445. The molecule has 27 heavy (non-hydrogen) atoms. The zero-order valence-electron chi connectivity index (χ0n) is 16.8. The number of benzene rings is 3. The fraction of sp³-hybridized carbons (Fsp3) is 0.269. The van der Waals surface area contributed by atoms with Crippen molar-refractivity contribution in [3.63, 3.8) is 0 Å². The van der Waals surface area contributed by atoms with Gasteiger partial charge < -0.3 is 0 Å². The molecule has 0 aromatic heterocycles. The predicted molar refractivity (Wildman–Crippen MR) is 117 cm³/mol. The number of carbonyl (C=O) groups is 1. The lowest BCUT2D eigenvalue weighted by Gasteiger charge is -2.12. The molecule has 1 aliphatic carbocycles. The molecule has 0 heterocycles. The summed E-state index contributed by atoms with van der Waals surface area (Å²) in [6, 6.07) is 19.0. The molecular weight excluding hydrogens is 328 g/mol. The van der Waals surface area contributed by atoms with Crippen LogP contribution < -0.4 is 0 Å². The van der Waals surface area contributed by atoms with E-state index < -0.39 is 0 Å². The molecule has 0 bridgehead atoms. The summed E-state index contributed by atoms with van der Waals surface area (Å²) in [5.41, 5.74) is 7.29. The third-order valence-corrected chi connectivity index (χ3v) is 5.24. The zero-order chi connectivity index (χ0) is 19.4. The first-order valence-corrected chi connectivity index (χ1v) is 9.93. The van der Waals surface area contributed by atoms with Crippen LogP contribution >= 0.6 is 0 Å². The van der Waals surface area contributed by atoms with E-state index in [0.29, 0.717) is 5.56 Å². The van der Waals surface area contributed by atoms with E-state index in [1.807, 2.05) is 38.1 Å². The van der Waals surface area contributed by atoms with E-state index in [0.717, 1.165) is 17.8 Å². The van der Waals surface area contributed by atoms with E-state index in [1.165, 1.54) is 45.9 Å². The molecule has 4 rings (SSSR count). The summed E-state index contributed by atoms with van der Waals surface area (Å²) in [6.45, 7) is 8.53. The summed E-state index contributed by atoms with van der Waals surface area (Å²) in [5, 5.41) is 2.55. The molecule has 138 valence electrons. The van der Waals surface area contributed by atoms with Gasteiger partial charge in [-0.1, -0.05) is 69.3 Å². The first-order chi connectivity index (χ1) is 13.1. The summed E-state index contributed by atoms with van der Waals surface area (Å²) < 4.78 is 0. The molecule has 1 nitrogen and oxygen atoms in total. The number of carbonyl (C=O) groups excluding carboxylic acids is 1. The highest BCUT2D eigenvalue weighted by Crippen LogP contribution is 2.36. The molecule has 0 fully saturated rings. The average Bonchev–Trinajstić information content (AvgIpc) is 3.15. The van der Waals surface area contributed by atoms with Gasteiger partial charge >= 0.3 is 0 Å². The third kappa shape index (κ3) is 4.03. The third-order valence-electron chi connectivity index (χ3n) is 5.24. The lowest BCUT2D eigenvalue weighted by Crippen LogP contribution is -1.91.